The van der Waals surface area contributed by atoms with Crippen molar-refractivity contribution in [2.45, 2.75) is 26.9 Å². The first-order valence-electron chi connectivity index (χ1n) is 7.22. The highest BCUT2D eigenvalue weighted by molar-refractivity contribution is 6.33. The number of hydrogen-bond acceptors (Lipinski definition) is 6. The molecule has 0 bridgehead atoms. The van der Waals surface area contributed by atoms with Gasteiger partial charge in [-0.15, -0.1) is 0 Å². The Morgan fingerprint density at radius 1 is 1.09 bits per heavy atom. The molecule has 0 fully saturated rings. The largest absolute Gasteiger partial charge is 0.441 e. The lowest BCUT2D eigenvalue weighted by atomic mass is 10.2. The summed E-state index contributed by atoms with van der Waals surface area (Å²) in [7, 11) is 1.98. The third-order valence-electron chi connectivity index (χ3n) is 3.58. The Morgan fingerprint density at radius 2 is 1.83 bits per heavy atom. The van der Waals surface area contributed by atoms with Crippen LogP contribution in [0.15, 0.2) is 33.3 Å². The molecule has 0 aliphatic carbocycles. The fourth-order valence-electron chi connectivity index (χ4n) is 2.28. The Kier molecular flexibility index (Phi) is 4.45. The van der Waals surface area contributed by atoms with E-state index in [0.29, 0.717) is 24.0 Å². The van der Waals surface area contributed by atoms with Crippen molar-refractivity contribution in [3.63, 3.8) is 0 Å². The number of hydrogen-bond donors (Lipinski definition) is 0. The number of oxazole rings is 1. The second-order valence-corrected chi connectivity index (χ2v) is 5.88. The fraction of sp³-hybridized carbons (Fsp3) is 0.312. The van der Waals surface area contributed by atoms with Crippen LogP contribution in [0.2, 0.25) is 5.02 Å². The van der Waals surface area contributed by atoms with Crippen LogP contribution in [0.3, 0.4) is 0 Å². The lowest BCUT2D eigenvalue weighted by molar-refractivity contribution is 0.277. The molecule has 0 aliphatic heterocycles. The first-order chi connectivity index (χ1) is 11.0. The van der Waals surface area contributed by atoms with Crippen LogP contribution in [0.4, 0.5) is 0 Å². The summed E-state index contributed by atoms with van der Waals surface area (Å²) in [6.45, 7) is 5.03. The summed E-state index contributed by atoms with van der Waals surface area (Å²) in [5.41, 5.74) is 3.28. The van der Waals surface area contributed by atoms with Crippen LogP contribution in [0, 0.1) is 13.8 Å². The molecule has 0 aliphatic rings. The lowest BCUT2D eigenvalue weighted by Gasteiger charge is -2.13. The lowest BCUT2D eigenvalue weighted by Crippen LogP contribution is -2.18. The molecule has 3 aromatic rings. The summed E-state index contributed by atoms with van der Waals surface area (Å²) in [5.74, 6) is 1.32. The minimum absolute atomic E-state index is 0.538. The summed E-state index contributed by atoms with van der Waals surface area (Å²) >= 11 is 6.20. The number of nitrogens with zero attached hydrogens (tertiary/aromatic N) is 4. The zero-order valence-corrected chi connectivity index (χ0v) is 14.0. The maximum absolute atomic E-state index is 6.20. The van der Waals surface area contributed by atoms with Gasteiger partial charge in [-0.3, -0.25) is 4.90 Å². The maximum Gasteiger partial charge on any atom is 0.228 e. The Labute approximate surface area is 139 Å². The molecule has 0 N–H and O–H groups in total. The van der Waals surface area contributed by atoms with Crippen LogP contribution < -0.4 is 0 Å². The molecule has 0 unspecified atom stereocenters. The highest BCUT2D eigenvalue weighted by Gasteiger charge is 2.16. The number of aryl methyl sites for hydroxylation is 2. The average molecular weight is 333 g/mol. The van der Waals surface area contributed by atoms with Gasteiger partial charge in [0.2, 0.25) is 5.89 Å². The van der Waals surface area contributed by atoms with Gasteiger partial charge in [-0.1, -0.05) is 34.0 Å². The molecule has 23 heavy (non-hydrogen) atoms. The zero-order valence-electron chi connectivity index (χ0n) is 13.2. The third kappa shape index (κ3) is 3.43. The Bertz CT molecular complexity index is 812. The van der Waals surface area contributed by atoms with Gasteiger partial charge in [-0.25, -0.2) is 9.61 Å². The van der Waals surface area contributed by atoms with Crippen LogP contribution in [0.25, 0.3) is 11.5 Å². The smallest absolute Gasteiger partial charge is 0.228 e. The molecule has 1 aromatic carbocycles. The predicted octanol–water partition coefficient (Wildman–Crippen LogP) is 3.63. The second kappa shape index (κ2) is 6.52. The first-order valence-corrected chi connectivity index (χ1v) is 7.60. The van der Waals surface area contributed by atoms with Crippen molar-refractivity contribution in [1.29, 1.82) is 0 Å². The molecule has 7 heteroatoms. The average Bonchev–Trinajstić information content (AvgIpc) is 3.07. The van der Waals surface area contributed by atoms with Gasteiger partial charge in [-0.05, 0) is 33.0 Å². The van der Waals surface area contributed by atoms with E-state index in [1.165, 1.54) is 0 Å². The summed E-state index contributed by atoms with van der Waals surface area (Å²) in [6.07, 6.45) is 0. The van der Waals surface area contributed by atoms with Crippen LogP contribution in [0.1, 0.15) is 22.8 Å². The number of halogens is 1. The van der Waals surface area contributed by atoms with Gasteiger partial charge in [-0.2, -0.15) is 0 Å². The monoisotopic (exact) mass is 332 g/mol. The highest BCUT2D eigenvalue weighted by atomic mass is 35.5. The molecule has 120 valence electrons. The first kappa shape index (κ1) is 15.7. The van der Waals surface area contributed by atoms with Crippen molar-refractivity contribution in [2.24, 2.45) is 0 Å². The molecule has 0 amide bonds. The summed E-state index contributed by atoms with van der Waals surface area (Å²) < 4.78 is 10.5. The molecule has 2 heterocycles. The molecule has 0 saturated heterocycles. The quantitative estimate of drug-likeness (QED) is 0.710. The van der Waals surface area contributed by atoms with Crippen molar-refractivity contribution in [3.05, 3.63) is 52.1 Å². The van der Waals surface area contributed by atoms with Gasteiger partial charge in [0.15, 0.2) is 0 Å². The van der Waals surface area contributed by atoms with Crippen molar-refractivity contribution in [1.82, 2.24) is 20.2 Å². The summed E-state index contributed by atoms with van der Waals surface area (Å²) in [5, 5.41) is 8.30. The molecule has 2 aromatic heterocycles. The maximum atomic E-state index is 6.20. The van der Waals surface area contributed by atoms with E-state index in [4.69, 9.17) is 20.6 Å². The standard InChI is InChI=1S/C16H17ClN4O2/c1-10-14(20-23-19-10)8-21(3)9-15-11(2)22-16(18-15)12-6-4-5-7-13(12)17/h4-7H,8-9H2,1-3H3. The van der Waals surface area contributed by atoms with Gasteiger partial charge in [0.1, 0.15) is 17.1 Å². The molecule has 6 nitrogen and oxygen atoms in total. The normalized spacial score (nSPS) is 11.3. The van der Waals surface area contributed by atoms with E-state index < -0.39 is 0 Å². The molecular formula is C16H17ClN4O2. The number of benzene rings is 1. The van der Waals surface area contributed by atoms with Crippen LogP contribution in [-0.2, 0) is 13.1 Å². The number of rotatable bonds is 5. The van der Waals surface area contributed by atoms with E-state index >= 15 is 0 Å². The number of aromatic nitrogens is 3. The van der Waals surface area contributed by atoms with Gasteiger partial charge < -0.3 is 4.42 Å². The van der Waals surface area contributed by atoms with Gasteiger partial charge in [0.25, 0.3) is 0 Å². The zero-order chi connectivity index (χ0) is 16.4. The minimum Gasteiger partial charge on any atom is -0.441 e. The van der Waals surface area contributed by atoms with Crippen LogP contribution >= 0.6 is 11.6 Å². The van der Waals surface area contributed by atoms with Gasteiger partial charge in [0, 0.05) is 13.1 Å². The molecule has 0 radical (unpaired) electrons. The molecule has 0 saturated carbocycles. The van der Waals surface area contributed by atoms with Crippen molar-refractivity contribution in [3.8, 4) is 11.5 Å². The third-order valence-corrected chi connectivity index (χ3v) is 3.91. The topological polar surface area (TPSA) is 68.2 Å². The van der Waals surface area contributed by atoms with Crippen molar-refractivity contribution in [2.75, 3.05) is 7.05 Å². The van der Waals surface area contributed by atoms with Gasteiger partial charge >= 0.3 is 0 Å². The van der Waals surface area contributed by atoms with E-state index in [1.807, 2.05) is 45.2 Å². The Morgan fingerprint density at radius 3 is 2.52 bits per heavy atom. The SMILES string of the molecule is Cc1nonc1CN(C)Cc1nc(-c2ccccc2Cl)oc1C. The van der Waals surface area contributed by atoms with Crippen molar-refractivity contribution < 1.29 is 9.05 Å². The molecule has 0 atom stereocenters. The Balaban J connectivity index is 1.76. The van der Waals surface area contributed by atoms with E-state index in [9.17, 15) is 0 Å². The molecule has 3 rings (SSSR count). The molecule has 0 spiro atoms. The minimum atomic E-state index is 0.538. The van der Waals surface area contributed by atoms with E-state index in [1.54, 1.807) is 0 Å². The summed E-state index contributed by atoms with van der Waals surface area (Å²) in [4.78, 5) is 6.66. The Hall–Kier alpha value is -2.18. The second-order valence-electron chi connectivity index (χ2n) is 5.47. The fourth-order valence-corrected chi connectivity index (χ4v) is 2.50. The van der Waals surface area contributed by atoms with E-state index in [-0.39, 0.29) is 0 Å². The molecular weight excluding hydrogens is 316 g/mol. The van der Waals surface area contributed by atoms with Crippen LogP contribution in [0.5, 0.6) is 0 Å². The van der Waals surface area contributed by atoms with Crippen molar-refractivity contribution >= 4 is 11.6 Å². The predicted molar refractivity (Wildman–Crippen MR) is 85.9 cm³/mol. The van der Waals surface area contributed by atoms with E-state index in [2.05, 4.69) is 20.2 Å². The van der Waals surface area contributed by atoms with Crippen LogP contribution in [-0.4, -0.2) is 27.2 Å². The summed E-state index contributed by atoms with van der Waals surface area (Å²) in [6, 6.07) is 7.51. The highest BCUT2D eigenvalue weighted by Crippen LogP contribution is 2.28. The van der Waals surface area contributed by atoms with Gasteiger partial charge in [0.05, 0.1) is 16.3 Å². The van der Waals surface area contributed by atoms with E-state index in [0.717, 1.165) is 28.4 Å².